The summed E-state index contributed by atoms with van der Waals surface area (Å²) in [4.78, 5) is 12.5. The van der Waals surface area contributed by atoms with Gasteiger partial charge in [-0.05, 0) is 25.5 Å². The Bertz CT molecular complexity index is 261. The van der Waals surface area contributed by atoms with Gasteiger partial charge in [-0.2, -0.15) is 0 Å². The van der Waals surface area contributed by atoms with Gasteiger partial charge in [0.05, 0.1) is 0 Å². The molecule has 0 aromatic carbocycles. The van der Waals surface area contributed by atoms with Gasteiger partial charge in [0, 0.05) is 19.7 Å². The van der Waals surface area contributed by atoms with Crippen molar-refractivity contribution in [3.8, 4) is 0 Å². The van der Waals surface area contributed by atoms with Crippen molar-refractivity contribution in [1.29, 1.82) is 0 Å². The first kappa shape index (κ1) is 11.7. The minimum absolute atomic E-state index is 0.00507. The highest BCUT2D eigenvalue weighted by Gasteiger charge is 2.02. The average Bonchev–Trinajstić information content (AvgIpc) is 2.03. The Labute approximate surface area is 80.2 Å². The van der Waals surface area contributed by atoms with Gasteiger partial charge < -0.3 is 4.90 Å². The molecule has 0 aliphatic rings. The minimum Gasteiger partial charge on any atom is -0.316 e. The smallest absolute Gasteiger partial charge is 0.223 e. The highest BCUT2D eigenvalue weighted by molar-refractivity contribution is 5.75. The van der Waals surface area contributed by atoms with Crippen LogP contribution < -0.4 is 0 Å². The number of rotatable bonds is 3. The lowest BCUT2D eigenvalue weighted by molar-refractivity contribution is -0.125. The number of hydrogen-bond donors (Lipinski definition) is 0. The molecule has 13 heavy (non-hydrogen) atoms. The van der Waals surface area contributed by atoms with Crippen LogP contribution in [0.5, 0.6) is 0 Å². The van der Waals surface area contributed by atoms with Gasteiger partial charge in [0.1, 0.15) is 0 Å². The van der Waals surface area contributed by atoms with Gasteiger partial charge in [0.15, 0.2) is 0 Å². The van der Waals surface area contributed by atoms with Crippen LogP contribution in [0.15, 0.2) is 36.1 Å². The van der Waals surface area contributed by atoms with Gasteiger partial charge in [0.2, 0.25) is 5.91 Å². The van der Waals surface area contributed by atoms with Gasteiger partial charge >= 0.3 is 0 Å². The molecule has 0 saturated heterocycles. The number of allylic oxidation sites excluding steroid dienone is 4. The van der Waals surface area contributed by atoms with Crippen LogP contribution >= 0.6 is 0 Å². The Morgan fingerprint density at radius 3 is 2.31 bits per heavy atom. The van der Waals surface area contributed by atoms with Crippen molar-refractivity contribution in [2.24, 2.45) is 0 Å². The number of likely N-dealkylation sites (N-methyl/N-ethyl adjacent to an activating group) is 1. The van der Waals surface area contributed by atoms with Crippen molar-refractivity contribution in [1.82, 2.24) is 4.90 Å². The first-order valence-electron chi connectivity index (χ1n) is 4.23. The second kappa shape index (κ2) is 5.36. The molecular weight excluding hydrogens is 162 g/mol. The SMILES string of the molecule is C=C(/C=C(C)\C=C/C)N(C)C(C)=O. The zero-order chi connectivity index (χ0) is 10.4. The lowest BCUT2D eigenvalue weighted by Gasteiger charge is -2.14. The van der Waals surface area contributed by atoms with Gasteiger partial charge in [0.25, 0.3) is 0 Å². The lowest BCUT2D eigenvalue weighted by atomic mass is 10.2. The number of carbonyl (C=O) groups excluding carboxylic acids is 1. The number of amides is 1. The summed E-state index contributed by atoms with van der Waals surface area (Å²) in [5.74, 6) is -0.00507. The predicted molar refractivity (Wildman–Crippen MR) is 56.2 cm³/mol. The summed E-state index contributed by atoms with van der Waals surface area (Å²) in [6, 6.07) is 0. The van der Waals surface area contributed by atoms with E-state index < -0.39 is 0 Å². The van der Waals surface area contributed by atoms with E-state index in [9.17, 15) is 4.79 Å². The molecule has 0 radical (unpaired) electrons. The molecular formula is C11H17NO. The van der Waals surface area contributed by atoms with Crippen molar-refractivity contribution in [2.45, 2.75) is 20.8 Å². The Morgan fingerprint density at radius 1 is 1.38 bits per heavy atom. The topological polar surface area (TPSA) is 20.3 Å². The van der Waals surface area contributed by atoms with E-state index >= 15 is 0 Å². The van der Waals surface area contributed by atoms with Crippen LogP contribution in [0.3, 0.4) is 0 Å². The minimum atomic E-state index is -0.00507. The first-order chi connectivity index (χ1) is 5.99. The molecule has 0 saturated carbocycles. The van der Waals surface area contributed by atoms with E-state index in [0.29, 0.717) is 5.70 Å². The molecule has 0 rings (SSSR count). The van der Waals surface area contributed by atoms with E-state index in [1.54, 1.807) is 7.05 Å². The molecule has 0 aromatic rings. The molecule has 0 aliphatic carbocycles. The monoisotopic (exact) mass is 179 g/mol. The molecule has 0 aliphatic heterocycles. The van der Waals surface area contributed by atoms with Crippen LogP contribution in [0.2, 0.25) is 0 Å². The van der Waals surface area contributed by atoms with Crippen LogP contribution in [-0.4, -0.2) is 17.9 Å². The van der Waals surface area contributed by atoms with E-state index in [4.69, 9.17) is 0 Å². The van der Waals surface area contributed by atoms with Crippen molar-refractivity contribution >= 4 is 5.91 Å². The summed E-state index contributed by atoms with van der Waals surface area (Å²) in [6.07, 6.45) is 5.80. The summed E-state index contributed by atoms with van der Waals surface area (Å²) in [5, 5.41) is 0. The van der Waals surface area contributed by atoms with E-state index in [1.165, 1.54) is 11.8 Å². The molecule has 0 N–H and O–H groups in total. The molecule has 2 heteroatoms. The summed E-state index contributed by atoms with van der Waals surface area (Å²) < 4.78 is 0. The van der Waals surface area contributed by atoms with Crippen LogP contribution in [0.4, 0.5) is 0 Å². The molecule has 0 fully saturated rings. The largest absolute Gasteiger partial charge is 0.316 e. The average molecular weight is 179 g/mol. The highest BCUT2D eigenvalue weighted by atomic mass is 16.2. The fourth-order valence-electron chi connectivity index (χ4n) is 0.873. The quantitative estimate of drug-likeness (QED) is 0.609. The van der Waals surface area contributed by atoms with Gasteiger partial charge in [-0.3, -0.25) is 4.79 Å². The predicted octanol–water partition coefficient (Wildman–Crippen LogP) is 2.50. The second-order valence-corrected chi connectivity index (χ2v) is 2.96. The van der Waals surface area contributed by atoms with Crippen molar-refractivity contribution in [3.63, 3.8) is 0 Å². The van der Waals surface area contributed by atoms with E-state index in [2.05, 4.69) is 6.58 Å². The lowest BCUT2D eigenvalue weighted by Crippen LogP contribution is -2.21. The van der Waals surface area contributed by atoms with Crippen LogP contribution in [0.25, 0.3) is 0 Å². The molecule has 0 unspecified atom stereocenters. The van der Waals surface area contributed by atoms with E-state index in [1.807, 2.05) is 32.1 Å². The fourth-order valence-corrected chi connectivity index (χ4v) is 0.873. The summed E-state index contributed by atoms with van der Waals surface area (Å²) in [5.41, 5.74) is 1.80. The molecule has 0 atom stereocenters. The molecule has 0 bridgehead atoms. The summed E-state index contributed by atoms with van der Waals surface area (Å²) in [7, 11) is 1.71. The van der Waals surface area contributed by atoms with Gasteiger partial charge in [-0.15, -0.1) is 0 Å². The van der Waals surface area contributed by atoms with Crippen molar-refractivity contribution in [2.75, 3.05) is 7.05 Å². The molecule has 0 heterocycles. The van der Waals surface area contributed by atoms with E-state index in [-0.39, 0.29) is 5.91 Å². The van der Waals surface area contributed by atoms with Crippen LogP contribution in [0, 0.1) is 0 Å². The zero-order valence-electron chi connectivity index (χ0n) is 8.79. The number of nitrogens with zero attached hydrogens (tertiary/aromatic N) is 1. The Hall–Kier alpha value is -1.31. The maximum absolute atomic E-state index is 10.9. The normalized spacial score (nSPS) is 11.8. The Morgan fingerprint density at radius 2 is 1.92 bits per heavy atom. The Kier molecular flexibility index (Phi) is 4.82. The number of hydrogen-bond acceptors (Lipinski definition) is 1. The third-order valence-corrected chi connectivity index (χ3v) is 1.73. The maximum atomic E-state index is 10.9. The van der Waals surface area contributed by atoms with Gasteiger partial charge in [-0.25, -0.2) is 0 Å². The maximum Gasteiger partial charge on any atom is 0.223 e. The second-order valence-electron chi connectivity index (χ2n) is 2.96. The molecule has 1 amide bonds. The zero-order valence-corrected chi connectivity index (χ0v) is 8.79. The Balaban J connectivity index is 4.46. The molecule has 2 nitrogen and oxygen atoms in total. The third-order valence-electron chi connectivity index (χ3n) is 1.73. The van der Waals surface area contributed by atoms with Crippen molar-refractivity contribution < 1.29 is 4.79 Å². The van der Waals surface area contributed by atoms with Crippen LogP contribution in [0.1, 0.15) is 20.8 Å². The first-order valence-corrected chi connectivity index (χ1v) is 4.23. The standard InChI is InChI=1S/C11H17NO/c1-6-7-9(2)8-10(3)12(5)11(4)13/h6-8H,3H2,1-2,4-5H3/b7-6-,9-8-. The third kappa shape index (κ3) is 4.31. The van der Waals surface area contributed by atoms with Crippen LogP contribution in [-0.2, 0) is 4.79 Å². The molecule has 0 spiro atoms. The van der Waals surface area contributed by atoms with Gasteiger partial charge in [-0.1, -0.05) is 18.7 Å². The summed E-state index contributed by atoms with van der Waals surface area (Å²) >= 11 is 0. The number of carbonyl (C=O) groups is 1. The molecule has 72 valence electrons. The highest BCUT2D eigenvalue weighted by Crippen LogP contribution is 2.05. The summed E-state index contributed by atoms with van der Waals surface area (Å²) in [6.45, 7) is 9.24. The molecule has 0 aromatic heterocycles. The van der Waals surface area contributed by atoms with E-state index in [0.717, 1.165) is 5.57 Å². The fraction of sp³-hybridized carbons (Fsp3) is 0.364. The van der Waals surface area contributed by atoms with Crippen molar-refractivity contribution in [3.05, 3.63) is 36.1 Å².